The number of piperazine rings is 1. The lowest BCUT2D eigenvalue weighted by molar-refractivity contribution is -0.140. The van der Waals surface area contributed by atoms with Gasteiger partial charge in [-0.2, -0.15) is 0 Å². The number of carbonyl (C=O) groups is 1. The number of para-hydroxylation sites is 2. The lowest BCUT2D eigenvalue weighted by Gasteiger charge is -2.41. The Kier molecular flexibility index (Phi) is 3.96. The van der Waals surface area contributed by atoms with Gasteiger partial charge in [0.2, 0.25) is 0 Å². The highest BCUT2D eigenvalue weighted by Crippen LogP contribution is 2.37. The minimum Gasteiger partial charge on any atom is -0.480 e. The van der Waals surface area contributed by atoms with Crippen molar-refractivity contribution in [3.8, 4) is 0 Å². The van der Waals surface area contributed by atoms with Crippen LogP contribution in [0.15, 0.2) is 48.5 Å². The fourth-order valence-electron chi connectivity index (χ4n) is 3.75. The highest BCUT2D eigenvalue weighted by molar-refractivity contribution is 5.79. The molecule has 124 valence electrons. The summed E-state index contributed by atoms with van der Waals surface area (Å²) in [4.78, 5) is 14.0. The summed E-state index contributed by atoms with van der Waals surface area (Å²) in [6, 6.07) is 15.9. The molecule has 0 spiro atoms. The van der Waals surface area contributed by atoms with Gasteiger partial charge < -0.3 is 15.3 Å². The number of benzene rings is 2. The molecule has 0 aliphatic carbocycles. The third-order valence-corrected chi connectivity index (χ3v) is 4.87. The van der Waals surface area contributed by atoms with Crippen LogP contribution in [0, 0.1) is 0 Å². The molecule has 5 heteroatoms. The maximum absolute atomic E-state index is 11.8. The first-order valence-corrected chi connectivity index (χ1v) is 8.40. The van der Waals surface area contributed by atoms with Gasteiger partial charge in [0.15, 0.2) is 0 Å². The maximum atomic E-state index is 11.8. The molecule has 4 rings (SSSR count). The summed E-state index contributed by atoms with van der Waals surface area (Å²) >= 11 is 0. The van der Waals surface area contributed by atoms with Gasteiger partial charge in [-0.25, -0.2) is 0 Å². The van der Waals surface area contributed by atoms with Crippen molar-refractivity contribution in [2.45, 2.75) is 25.0 Å². The van der Waals surface area contributed by atoms with Gasteiger partial charge in [-0.1, -0.05) is 36.4 Å². The molecule has 2 aliphatic heterocycles. The van der Waals surface area contributed by atoms with Gasteiger partial charge in [0.25, 0.3) is 0 Å². The lowest BCUT2D eigenvalue weighted by atomic mass is 10.0. The quantitative estimate of drug-likeness (QED) is 0.788. The molecular formula is C19H21N3O2. The van der Waals surface area contributed by atoms with E-state index < -0.39 is 12.0 Å². The second-order valence-corrected chi connectivity index (χ2v) is 6.30. The first-order valence-electron chi connectivity index (χ1n) is 8.40. The Morgan fingerprint density at radius 2 is 1.46 bits per heavy atom. The van der Waals surface area contributed by atoms with E-state index in [1.54, 1.807) is 0 Å². The van der Waals surface area contributed by atoms with Crippen molar-refractivity contribution in [1.29, 1.82) is 0 Å². The van der Waals surface area contributed by atoms with Crippen molar-refractivity contribution in [2.24, 2.45) is 0 Å². The fraction of sp³-hybridized carbons (Fsp3) is 0.316. The van der Waals surface area contributed by atoms with E-state index in [1.807, 2.05) is 24.3 Å². The van der Waals surface area contributed by atoms with Gasteiger partial charge in [-0.3, -0.25) is 10.1 Å². The van der Waals surface area contributed by atoms with Crippen molar-refractivity contribution in [1.82, 2.24) is 10.6 Å². The second-order valence-electron chi connectivity index (χ2n) is 6.30. The molecule has 2 aromatic carbocycles. The summed E-state index contributed by atoms with van der Waals surface area (Å²) < 4.78 is 0. The number of aryl methyl sites for hydroxylation is 2. The second kappa shape index (κ2) is 6.26. The Bertz CT molecular complexity index is 714. The van der Waals surface area contributed by atoms with Gasteiger partial charge in [0.1, 0.15) is 12.2 Å². The standard InChI is InChI=1S/C19H21N3O2/c23-19(24)17-18(21-12-11-20-17)22-15-7-3-1-5-13(15)9-10-14-6-2-4-8-16(14)22/h1-8,17-18,20-21H,9-12H2,(H,23,24). The van der Waals surface area contributed by atoms with Crippen molar-refractivity contribution in [3.63, 3.8) is 0 Å². The van der Waals surface area contributed by atoms with Crippen molar-refractivity contribution in [3.05, 3.63) is 59.7 Å². The number of carboxylic acids is 1. The zero-order chi connectivity index (χ0) is 16.5. The van der Waals surface area contributed by atoms with Crippen molar-refractivity contribution < 1.29 is 9.90 Å². The van der Waals surface area contributed by atoms with Crippen LogP contribution in [0.5, 0.6) is 0 Å². The number of nitrogens with zero attached hydrogens (tertiary/aromatic N) is 1. The summed E-state index contributed by atoms with van der Waals surface area (Å²) in [7, 11) is 0. The van der Waals surface area contributed by atoms with E-state index in [9.17, 15) is 9.90 Å². The van der Waals surface area contributed by atoms with E-state index in [0.29, 0.717) is 6.54 Å². The number of hydrogen-bond acceptors (Lipinski definition) is 4. The van der Waals surface area contributed by atoms with Crippen molar-refractivity contribution >= 4 is 17.3 Å². The third-order valence-electron chi connectivity index (χ3n) is 4.87. The summed E-state index contributed by atoms with van der Waals surface area (Å²) in [5.41, 5.74) is 4.69. The zero-order valence-electron chi connectivity index (χ0n) is 13.4. The molecule has 1 fully saturated rings. The third kappa shape index (κ3) is 2.56. The molecular weight excluding hydrogens is 302 g/mol. The highest BCUT2D eigenvalue weighted by Gasteiger charge is 2.37. The first kappa shape index (κ1) is 15.2. The number of fused-ring (bicyclic) bond motifs is 2. The molecule has 24 heavy (non-hydrogen) atoms. The summed E-state index contributed by atoms with van der Waals surface area (Å²) in [6.45, 7) is 1.40. The molecule has 0 radical (unpaired) electrons. The van der Waals surface area contributed by atoms with Crippen LogP contribution in [0.4, 0.5) is 11.4 Å². The molecule has 0 bridgehead atoms. The molecule has 3 N–H and O–H groups in total. The van der Waals surface area contributed by atoms with E-state index in [1.165, 1.54) is 11.1 Å². The monoisotopic (exact) mass is 323 g/mol. The molecule has 2 atom stereocenters. The van der Waals surface area contributed by atoms with E-state index >= 15 is 0 Å². The highest BCUT2D eigenvalue weighted by atomic mass is 16.4. The van der Waals surface area contributed by atoms with Crippen LogP contribution < -0.4 is 15.5 Å². The zero-order valence-corrected chi connectivity index (χ0v) is 13.4. The topological polar surface area (TPSA) is 64.6 Å². The fourth-order valence-corrected chi connectivity index (χ4v) is 3.75. The van der Waals surface area contributed by atoms with Gasteiger partial charge in [-0.05, 0) is 36.1 Å². The molecule has 0 saturated carbocycles. The number of hydrogen-bond donors (Lipinski definition) is 3. The van der Waals surface area contributed by atoms with Gasteiger partial charge >= 0.3 is 5.97 Å². The van der Waals surface area contributed by atoms with Gasteiger partial charge in [0, 0.05) is 24.5 Å². The molecule has 2 unspecified atom stereocenters. The summed E-state index contributed by atoms with van der Waals surface area (Å²) in [5.74, 6) is -0.827. The first-order chi connectivity index (χ1) is 11.8. The Hall–Kier alpha value is -2.37. The van der Waals surface area contributed by atoms with E-state index in [-0.39, 0.29) is 6.17 Å². The average molecular weight is 323 g/mol. The Morgan fingerprint density at radius 1 is 0.917 bits per heavy atom. The SMILES string of the molecule is O=C(O)C1NCCNC1N1c2ccccc2CCc2ccccc21. The summed E-state index contributed by atoms with van der Waals surface area (Å²) in [5, 5.41) is 16.2. The number of anilines is 2. The van der Waals surface area contributed by atoms with Crippen LogP contribution >= 0.6 is 0 Å². The summed E-state index contributed by atoms with van der Waals surface area (Å²) in [6.07, 6.45) is 1.60. The molecule has 5 nitrogen and oxygen atoms in total. The largest absolute Gasteiger partial charge is 0.480 e. The van der Waals surface area contributed by atoms with Crippen LogP contribution in [0.3, 0.4) is 0 Å². The Balaban J connectivity index is 1.87. The van der Waals surface area contributed by atoms with Gasteiger partial charge in [0.05, 0.1) is 0 Å². The molecule has 2 heterocycles. The van der Waals surface area contributed by atoms with Crippen LogP contribution in [0.25, 0.3) is 0 Å². The van der Waals surface area contributed by atoms with Gasteiger partial charge in [-0.15, -0.1) is 0 Å². The van der Waals surface area contributed by atoms with Crippen LogP contribution in [-0.4, -0.2) is 36.4 Å². The molecule has 0 aromatic heterocycles. The maximum Gasteiger partial charge on any atom is 0.324 e. The minimum absolute atomic E-state index is 0.323. The predicted molar refractivity (Wildman–Crippen MR) is 93.6 cm³/mol. The predicted octanol–water partition coefficient (Wildman–Crippen LogP) is 1.90. The molecule has 2 aliphatic rings. The van der Waals surface area contributed by atoms with E-state index in [2.05, 4.69) is 39.8 Å². The smallest absolute Gasteiger partial charge is 0.324 e. The van der Waals surface area contributed by atoms with E-state index in [4.69, 9.17) is 0 Å². The lowest BCUT2D eigenvalue weighted by Crippen LogP contribution is -2.65. The normalized spacial score (nSPS) is 23.1. The molecule has 1 saturated heterocycles. The molecule has 2 aromatic rings. The molecule has 0 amide bonds. The van der Waals surface area contributed by atoms with E-state index in [0.717, 1.165) is 30.8 Å². The van der Waals surface area contributed by atoms with Crippen LogP contribution in [0.1, 0.15) is 11.1 Å². The number of nitrogens with one attached hydrogen (secondary N) is 2. The van der Waals surface area contributed by atoms with Crippen molar-refractivity contribution in [2.75, 3.05) is 18.0 Å². The van der Waals surface area contributed by atoms with Crippen LogP contribution in [0.2, 0.25) is 0 Å². The number of carboxylic acid groups (broad SMARTS) is 1. The Morgan fingerprint density at radius 3 is 2.04 bits per heavy atom. The van der Waals surface area contributed by atoms with Crippen LogP contribution in [-0.2, 0) is 17.6 Å². The Labute approximate surface area is 141 Å². The number of rotatable bonds is 2. The number of aliphatic carboxylic acids is 1. The average Bonchev–Trinajstić information content (AvgIpc) is 2.78. The minimum atomic E-state index is -0.827.